The van der Waals surface area contributed by atoms with Gasteiger partial charge in [0.15, 0.2) is 0 Å². The number of hydrogen-bond donors (Lipinski definition) is 2. The van der Waals surface area contributed by atoms with Crippen molar-refractivity contribution >= 4 is 11.5 Å². The van der Waals surface area contributed by atoms with Crippen LogP contribution in [0.1, 0.15) is 18.9 Å². The molecule has 3 N–H and O–H groups in total. The summed E-state index contributed by atoms with van der Waals surface area (Å²) in [5.74, 6) is 0.834. The second-order valence-corrected chi connectivity index (χ2v) is 4.04. The Hall–Kier alpha value is -1.29. The molecule has 1 fully saturated rings. The lowest BCUT2D eigenvalue weighted by atomic mass is 10.1. The van der Waals surface area contributed by atoms with Crippen LogP contribution in [0.15, 0.2) is 12.3 Å². The number of rotatable bonds is 2. The molecule has 1 aromatic heterocycles. The van der Waals surface area contributed by atoms with Gasteiger partial charge in [-0.15, -0.1) is 0 Å². The Kier molecular flexibility index (Phi) is 2.77. The van der Waals surface area contributed by atoms with Crippen molar-refractivity contribution in [2.45, 2.75) is 32.4 Å². The quantitative estimate of drug-likeness (QED) is 0.772. The van der Waals surface area contributed by atoms with E-state index in [1.165, 1.54) is 0 Å². The minimum atomic E-state index is 0.245. The van der Waals surface area contributed by atoms with Gasteiger partial charge in [0.05, 0.1) is 12.1 Å². The molecule has 0 spiro atoms. The van der Waals surface area contributed by atoms with E-state index in [1.54, 1.807) is 6.20 Å². The van der Waals surface area contributed by atoms with E-state index in [9.17, 15) is 0 Å². The van der Waals surface area contributed by atoms with E-state index < -0.39 is 0 Å². The Labute approximate surface area is 89.8 Å². The van der Waals surface area contributed by atoms with Crippen molar-refractivity contribution in [1.29, 1.82) is 0 Å². The summed E-state index contributed by atoms with van der Waals surface area (Å²) < 4.78 is 5.47. The Morgan fingerprint density at radius 2 is 2.40 bits per heavy atom. The summed E-state index contributed by atoms with van der Waals surface area (Å²) in [7, 11) is 0. The molecule has 1 saturated heterocycles. The third-order valence-corrected chi connectivity index (χ3v) is 2.85. The van der Waals surface area contributed by atoms with Gasteiger partial charge in [0, 0.05) is 24.6 Å². The molecule has 0 bridgehead atoms. The summed E-state index contributed by atoms with van der Waals surface area (Å²) in [4.78, 5) is 4.29. The SMILES string of the molecule is Cc1cnc(NC2CCOC2C)cc1N. The molecular formula is C11H17N3O. The first-order chi connectivity index (χ1) is 7.16. The number of aromatic nitrogens is 1. The zero-order valence-electron chi connectivity index (χ0n) is 9.16. The predicted molar refractivity (Wildman–Crippen MR) is 60.8 cm³/mol. The minimum Gasteiger partial charge on any atom is -0.398 e. The number of aryl methyl sites for hydroxylation is 1. The third kappa shape index (κ3) is 2.21. The monoisotopic (exact) mass is 207 g/mol. The zero-order chi connectivity index (χ0) is 10.8. The first-order valence-electron chi connectivity index (χ1n) is 5.27. The van der Waals surface area contributed by atoms with Gasteiger partial charge in [-0.2, -0.15) is 0 Å². The highest BCUT2D eigenvalue weighted by atomic mass is 16.5. The minimum absolute atomic E-state index is 0.245. The third-order valence-electron chi connectivity index (χ3n) is 2.85. The fourth-order valence-corrected chi connectivity index (χ4v) is 1.73. The van der Waals surface area contributed by atoms with Crippen LogP contribution in [-0.2, 0) is 4.74 Å². The standard InChI is InChI=1S/C11H17N3O/c1-7-6-13-11(5-9(7)12)14-10-3-4-15-8(10)2/h5-6,8,10H,3-4H2,1-2H3,(H3,12,13,14). The van der Waals surface area contributed by atoms with Crippen molar-refractivity contribution in [2.24, 2.45) is 0 Å². The normalized spacial score (nSPS) is 25.5. The second-order valence-electron chi connectivity index (χ2n) is 4.04. The second kappa shape index (κ2) is 4.06. The Balaban J connectivity index is 2.07. The topological polar surface area (TPSA) is 60.2 Å². The lowest BCUT2D eigenvalue weighted by molar-refractivity contribution is 0.121. The summed E-state index contributed by atoms with van der Waals surface area (Å²) in [6.45, 7) is 4.84. The van der Waals surface area contributed by atoms with Gasteiger partial charge in [0.25, 0.3) is 0 Å². The molecule has 1 aliphatic rings. The molecule has 2 rings (SSSR count). The van der Waals surface area contributed by atoms with E-state index in [-0.39, 0.29) is 6.10 Å². The van der Waals surface area contributed by atoms with Crippen LogP contribution in [0.5, 0.6) is 0 Å². The molecule has 82 valence electrons. The fraction of sp³-hybridized carbons (Fsp3) is 0.545. The van der Waals surface area contributed by atoms with Crippen LogP contribution in [0.2, 0.25) is 0 Å². The molecule has 4 nitrogen and oxygen atoms in total. The number of nitrogen functional groups attached to an aromatic ring is 1. The molecule has 0 saturated carbocycles. The number of pyridine rings is 1. The van der Waals surface area contributed by atoms with Crippen LogP contribution in [0.25, 0.3) is 0 Å². The molecule has 1 aliphatic heterocycles. The number of nitrogens with zero attached hydrogens (tertiary/aromatic N) is 1. The summed E-state index contributed by atoms with van der Waals surface area (Å²) >= 11 is 0. The molecule has 15 heavy (non-hydrogen) atoms. The average Bonchev–Trinajstić information content (AvgIpc) is 2.59. The molecular weight excluding hydrogens is 190 g/mol. The Morgan fingerprint density at radius 3 is 3.00 bits per heavy atom. The predicted octanol–water partition coefficient (Wildman–Crippen LogP) is 1.56. The van der Waals surface area contributed by atoms with Gasteiger partial charge in [-0.1, -0.05) is 0 Å². The molecule has 2 atom stereocenters. The highest BCUT2D eigenvalue weighted by Gasteiger charge is 2.24. The lowest BCUT2D eigenvalue weighted by Gasteiger charge is -2.17. The van der Waals surface area contributed by atoms with Crippen LogP contribution < -0.4 is 11.1 Å². The van der Waals surface area contributed by atoms with E-state index in [0.717, 1.165) is 30.1 Å². The van der Waals surface area contributed by atoms with Crippen LogP contribution in [0.4, 0.5) is 11.5 Å². The Morgan fingerprint density at radius 1 is 1.60 bits per heavy atom. The fourth-order valence-electron chi connectivity index (χ4n) is 1.73. The zero-order valence-corrected chi connectivity index (χ0v) is 9.16. The summed E-state index contributed by atoms with van der Waals surface area (Å²) in [6, 6.07) is 2.22. The van der Waals surface area contributed by atoms with Crippen LogP contribution >= 0.6 is 0 Å². The van der Waals surface area contributed by atoms with E-state index in [4.69, 9.17) is 10.5 Å². The van der Waals surface area contributed by atoms with E-state index in [0.29, 0.717) is 6.04 Å². The average molecular weight is 207 g/mol. The van der Waals surface area contributed by atoms with Crippen LogP contribution in [0, 0.1) is 6.92 Å². The molecule has 4 heteroatoms. The molecule has 0 radical (unpaired) electrons. The maximum Gasteiger partial charge on any atom is 0.128 e. The first-order valence-corrected chi connectivity index (χ1v) is 5.27. The van der Waals surface area contributed by atoms with Crippen molar-refractivity contribution in [3.8, 4) is 0 Å². The number of nitrogens with two attached hydrogens (primary N) is 1. The van der Waals surface area contributed by atoms with Gasteiger partial charge < -0.3 is 15.8 Å². The maximum atomic E-state index is 5.82. The number of ether oxygens (including phenoxy) is 1. The number of nitrogens with one attached hydrogen (secondary N) is 1. The molecule has 0 aromatic carbocycles. The Bertz CT molecular complexity index is 354. The molecule has 0 amide bonds. The summed E-state index contributed by atoms with van der Waals surface area (Å²) in [5.41, 5.74) is 7.61. The molecule has 2 heterocycles. The van der Waals surface area contributed by atoms with Gasteiger partial charge in [-0.05, 0) is 25.8 Å². The van der Waals surface area contributed by atoms with Gasteiger partial charge in [-0.3, -0.25) is 0 Å². The van der Waals surface area contributed by atoms with Gasteiger partial charge >= 0.3 is 0 Å². The summed E-state index contributed by atoms with van der Waals surface area (Å²) in [6.07, 6.45) is 3.06. The molecule has 0 aliphatic carbocycles. The van der Waals surface area contributed by atoms with Gasteiger partial charge in [-0.25, -0.2) is 4.98 Å². The number of anilines is 2. The molecule has 2 unspecified atom stereocenters. The van der Waals surface area contributed by atoms with Crippen molar-refractivity contribution < 1.29 is 4.74 Å². The summed E-state index contributed by atoms with van der Waals surface area (Å²) in [5, 5.41) is 3.34. The van der Waals surface area contributed by atoms with E-state index >= 15 is 0 Å². The lowest BCUT2D eigenvalue weighted by Crippen LogP contribution is -2.27. The van der Waals surface area contributed by atoms with Crippen molar-refractivity contribution in [3.05, 3.63) is 17.8 Å². The smallest absolute Gasteiger partial charge is 0.128 e. The van der Waals surface area contributed by atoms with Gasteiger partial charge in [0.1, 0.15) is 5.82 Å². The van der Waals surface area contributed by atoms with Crippen molar-refractivity contribution in [3.63, 3.8) is 0 Å². The van der Waals surface area contributed by atoms with Crippen molar-refractivity contribution in [2.75, 3.05) is 17.7 Å². The maximum absolute atomic E-state index is 5.82. The van der Waals surface area contributed by atoms with Gasteiger partial charge in [0.2, 0.25) is 0 Å². The van der Waals surface area contributed by atoms with Crippen LogP contribution in [0.3, 0.4) is 0 Å². The largest absolute Gasteiger partial charge is 0.398 e. The highest BCUT2D eigenvalue weighted by molar-refractivity contribution is 5.53. The first kappa shape index (κ1) is 10.2. The molecule has 1 aromatic rings. The number of hydrogen-bond acceptors (Lipinski definition) is 4. The van der Waals surface area contributed by atoms with E-state index in [2.05, 4.69) is 17.2 Å². The van der Waals surface area contributed by atoms with Crippen molar-refractivity contribution in [1.82, 2.24) is 4.98 Å². The highest BCUT2D eigenvalue weighted by Crippen LogP contribution is 2.19. The van der Waals surface area contributed by atoms with E-state index in [1.807, 2.05) is 13.0 Å². The van der Waals surface area contributed by atoms with Crippen LogP contribution in [-0.4, -0.2) is 23.7 Å².